The van der Waals surface area contributed by atoms with Crippen molar-refractivity contribution in [3.05, 3.63) is 83.3 Å². The van der Waals surface area contributed by atoms with Crippen molar-refractivity contribution in [2.45, 2.75) is 13.5 Å². The molecule has 0 radical (unpaired) electrons. The highest BCUT2D eigenvalue weighted by molar-refractivity contribution is 5.92. The van der Waals surface area contributed by atoms with E-state index in [9.17, 15) is 4.79 Å². The molecular formula is C20H17N5O. The number of carbonyl (C=O) groups excluding carboxylic acids is 1. The van der Waals surface area contributed by atoms with Crippen LogP contribution in [-0.2, 0) is 6.54 Å². The molecule has 0 bridgehead atoms. The zero-order chi connectivity index (χ0) is 18.4. The van der Waals surface area contributed by atoms with Crippen molar-refractivity contribution in [3.8, 4) is 6.07 Å². The highest BCUT2D eigenvalue weighted by Crippen LogP contribution is 2.15. The molecule has 1 heterocycles. The van der Waals surface area contributed by atoms with Crippen LogP contribution in [0.3, 0.4) is 0 Å². The van der Waals surface area contributed by atoms with Crippen LogP contribution < -0.4 is 10.6 Å². The Hall–Kier alpha value is -3.72. The summed E-state index contributed by atoms with van der Waals surface area (Å²) in [6, 6.07) is 18.6. The normalized spacial score (nSPS) is 10.0. The zero-order valence-electron chi connectivity index (χ0n) is 14.2. The Morgan fingerprint density at radius 3 is 2.50 bits per heavy atom. The standard InChI is InChI=1S/C20H17N5O/c1-14-2-4-16(5-3-14)12-22-20(26)18-10-19(24-13-23-18)25-17-8-6-15(11-21)7-9-17/h2-10,13H,12H2,1H3,(H,22,26)(H,23,24,25). The van der Waals surface area contributed by atoms with Gasteiger partial charge in [-0.15, -0.1) is 0 Å². The molecule has 0 saturated carbocycles. The SMILES string of the molecule is Cc1ccc(CNC(=O)c2cc(Nc3ccc(C#N)cc3)ncn2)cc1. The van der Waals surface area contributed by atoms with Crippen molar-refractivity contribution in [1.82, 2.24) is 15.3 Å². The first kappa shape index (κ1) is 17.1. The summed E-state index contributed by atoms with van der Waals surface area (Å²) in [4.78, 5) is 20.5. The van der Waals surface area contributed by atoms with Crippen molar-refractivity contribution in [2.24, 2.45) is 0 Å². The minimum absolute atomic E-state index is 0.268. The number of amides is 1. The lowest BCUT2D eigenvalue weighted by Crippen LogP contribution is -2.24. The third kappa shape index (κ3) is 4.42. The van der Waals surface area contributed by atoms with Gasteiger partial charge in [-0.05, 0) is 36.8 Å². The number of hydrogen-bond acceptors (Lipinski definition) is 5. The molecule has 3 rings (SSSR count). The Bertz CT molecular complexity index is 943. The topological polar surface area (TPSA) is 90.7 Å². The number of anilines is 2. The van der Waals surface area contributed by atoms with Crippen molar-refractivity contribution < 1.29 is 4.79 Å². The van der Waals surface area contributed by atoms with Gasteiger partial charge in [-0.2, -0.15) is 5.26 Å². The first-order valence-electron chi connectivity index (χ1n) is 8.07. The number of nitrogens with zero attached hydrogens (tertiary/aromatic N) is 3. The fraction of sp³-hybridized carbons (Fsp3) is 0.100. The molecule has 0 aliphatic carbocycles. The van der Waals surface area contributed by atoms with Gasteiger partial charge in [-0.25, -0.2) is 9.97 Å². The van der Waals surface area contributed by atoms with Gasteiger partial charge in [0.2, 0.25) is 0 Å². The molecule has 26 heavy (non-hydrogen) atoms. The molecule has 0 atom stereocenters. The Morgan fingerprint density at radius 2 is 1.81 bits per heavy atom. The highest BCUT2D eigenvalue weighted by atomic mass is 16.1. The van der Waals surface area contributed by atoms with E-state index in [1.165, 1.54) is 11.9 Å². The van der Waals surface area contributed by atoms with Gasteiger partial charge in [0.05, 0.1) is 11.6 Å². The number of hydrogen-bond donors (Lipinski definition) is 2. The molecule has 2 aromatic carbocycles. The predicted molar refractivity (Wildman–Crippen MR) is 98.8 cm³/mol. The van der Waals surface area contributed by atoms with Crippen molar-refractivity contribution in [3.63, 3.8) is 0 Å². The Labute approximate surface area is 151 Å². The van der Waals surface area contributed by atoms with Crippen LogP contribution in [0, 0.1) is 18.3 Å². The maximum absolute atomic E-state index is 12.3. The Balaban J connectivity index is 1.64. The second-order valence-corrected chi connectivity index (χ2v) is 5.77. The third-order valence-electron chi connectivity index (χ3n) is 3.76. The lowest BCUT2D eigenvalue weighted by Gasteiger charge is -2.08. The molecule has 1 amide bonds. The van der Waals surface area contributed by atoms with Crippen molar-refractivity contribution in [2.75, 3.05) is 5.32 Å². The summed E-state index contributed by atoms with van der Waals surface area (Å²) in [6.07, 6.45) is 1.34. The molecule has 0 aliphatic heterocycles. The molecular weight excluding hydrogens is 326 g/mol. The number of nitrogens with one attached hydrogen (secondary N) is 2. The molecule has 1 aromatic heterocycles. The molecule has 6 nitrogen and oxygen atoms in total. The van der Waals surface area contributed by atoms with Gasteiger partial charge < -0.3 is 10.6 Å². The van der Waals surface area contributed by atoms with Gasteiger partial charge in [-0.3, -0.25) is 4.79 Å². The summed E-state index contributed by atoms with van der Waals surface area (Å²) in [5, 5.41) is 14.8. The van der Waals surface area contributed by atoms with E-state index < -0.39 is 0 Å². The maximum Gasteiger partial charge on any atom is 0.270 e. The highest BCUT2D eigenvalue weighted by Gasteiger charge is 2.09. The van der Waals surface area contributed by atoms with Gasteiger partial charge >= 0.3 is 0 Å². The molecule has 0 aliphatic rings. The molecule has 0 spiro atoms. The first-order chi connectivity index (χ1) is 12.6. The van der Waals surface area contributed by atoms with Crippen LogP contribution in [0.1, 0.15) is 27.2 Å². The van der Waals surface area contributed by atoms with E-state index in [4.69, 9.17) is 5.26 Å². The van der Waals surface area contributed by atoms with Crippen LogP contribution in [0.25, 0.3) is 0 Å². The van der Waals surface area contributed by atoms with Crippen LogP contribution in [0.2, 0.25) is 0 Å². The Kier molecular flexibility index (Phi) is 5.20. The summed E-state index contributed by atoms with van der Waals surface area (Å²) in [5.74, 6) is 0.237. The average Bonchev–Trinajstić information content (AvgIpc) is 2.68. The first-order valence-corrected chi connectivity index (χ1v) is 8.07. The van der Waals surface area contributed by atoms with E-state index in [2.05, 4.69) is 26.7 Å². The van der Waals surface area contributed by atoms with Gasteiger partial charge in [0.1, 0.15) is 17.8 Å². The van der Waals surface area contributed by atoms with E-state index >= 15 is 0 Å². The lowest BCUT2D eigenvalue weighted by molar-refractivity contribution is 0.0946. The number of aromatic nitrogens is 2. The predicted octanol–water partition coefficient (Wildman–Crippen LogP) is 3.33. The number of carbonyl (C=O) groups is 1. The largest absolute Gasteiger partial charge is 0.347 e. The van der Waals surface area contributed by atoms with E-state index in [1.807, 2.05) is 31.2 Å². The summed E-state index contributed by atoms with van der Waals surface area (Å²) >= 11 is 0. The summed E-state index contributed by atoms with van der Waals surface area (Å²) in [7, 11) is 0. The minimum atomic E-state index is -0.268. The number of aryl methyl sites for hydroxylation is 1. The second-order valence-electron chi connectivity index (χ2n) is 5.77. The number of rotatable bonds is 5. The zero-order valence-corrected chi connectivity index (χ0v) is 14.2. The van der Waals surface area contributed by atoms with Crippen LogP contribution in [0.15, 0.2) is 60.9 Å². The van der Waals surface area contributed by atoms with Crippen LogP contribution in [-0.4, -0.2) is 15.9 Å². The third-order valence-corrected chi connectivity index (χ3v) is 3.76. The van der Waals surface area contributed by atoms with E-state index in [0.29, 0.717) is 17.9 Å². The summed E-state index contributed by atoms with van der Waals surface area (Å²) < 4.78 is 0. The van der Waals surface area contributed by atoms with Gasteiger partial charge in [0.25, 0.3) is 5.91 Å². The molecule has 128 valence electrons. The van der Waals surface area contributed by atoms with E-state index in [-0.39, 0.29) is 11.6 Å². The molecule has 0 unspecified atom stereocenters. The fourth-order valence-corrected chi connectivity index (χ4v) is 2.30. The van der Waals surface area contributed by atoms with Crippen LogP contribution in [0.5, 0.6) is 0 Å². The monoisotopic (exact) mass is 343 g/mol. The summed E-state index contributed by atoms with van der Waals surface area (Å²) in [6.45, 7) is 2.45. The fourth-order valence-electron chi connectivity index (χ4n) is 2.30. The lowest BCUT2D eigenvalue weighted by atomic mass is 10.1. The van der Waals surface area contributed by atoms with Gasteiger partial charge in [0.15, 0.2) is 0 Å². The molecule has 0 saturated heterocycles. The van der Waals surface area contributed by atoms with E-state index in [1.54, 1.807) is 30.3 Å². The minimum Gasteiger partial charge on any atom is -0.347 e. The van der Waals surface area contributed by atoms with Gasteiger partial charge in [0, 0.05) is 18.3 Å². The van der Waals surface area contributed by atoms with E-state index in [0.717, 1.165) is 11.3 Å². The molecule has 3 aromatic rings. The number of benzene rings is 2. The average molecular weight is 343 g/mol. The van der Waals surface area contributed by atoms with Gasteiger partial charge in [-0.1, -0.05) is 29.8 Å². The second kappa shape index (κ2) is 7.90. The van der Waals surface area contributed by atoms with Crippen LogP contribution in [0.4, 0.5) is 11.5 Å². The van der Waals surface area contributed by atoms with Crippen LogP contribution >= 0.6 is 0 Å². The van der Waals surface area contributed by atoms with Crippen molar-refractivity contribution in [1.29, 1.82) is 5.26 Å². The maximum atomic E-state index is 12.3. The Morgan fingerprint density at radius 1 is 1.08 bits per heavy atom. The summed E-state index contributed by atoms with van der Waals surface area (Å²) in [5.41, 5.74) is 3.83. The quantitative estimate of drug-likeness (QED) is 0.741. The molecule has 2 N–H and O–H groups in total. The molecule has 0 fully saturated rings. The smallest absolute Gasteiger partial charge is 0.270 e. The molecule has 6 heteroatoms. The number of nitriles is 1. The van der Waals surface area contributed by atoms with Crippen molar-refractivity contribution >= 4 is 17.4 Å².